The van der Waals surface area contributed by atoms with Crippen LogP contribution in [-0.4, -0.2) is 80.4 Å². The molecule has 3 saturated heterocycles. The van der Waals surface area contributed by atoms with Crippen molar-refractivity contribution in [2.75, 3.05) is 46.4 Å². The van der Waals surface area contributed by atoms with Gasteiger partial charge in [0.1, 0.15) is 5.37 Å². The van der Waals surface area contributed by atoms with Crippen molar-refractivity contribution in [1.82, 2.24) is 19.4 Å². The van der Waals surface area contributed by atoms with Crippen LogP contribution in [-0.2, 0) is 10.0 Å². The Balaban J connectivity index is 1.53. The Kier molecular flexibility index (Phi) is 5.09. The molecule has 0 aliphatic carbocycles. The molecule has 0 spiro atoms. The molecule has 0 aromatic rings. The molecular formula is C15H30N4O2S. The lowest BCUT2D eigenvalue weighted by atomic mass is 9.95. The van der Waals surface area contributed by atoms with Gasteiger partial charge in [-0.05, 0) is 51.7 Å². The van der Waals surface area contributed by atoms with Gasteiger partial charge in [0.15, 0.2) is 0 Å². The Morgan fingerprint density at radius 2 is 1.64 bits per heavy atom. The first-order valence-corrected chi connectivity index (χ1v) is 10.1. The zero-order valence-corrected chi connectivity index (χ0v) is 14.7. The van der Waals surface area contributed by atoms with E-state index in [9.17, 15) is 8.42 Å². The second-order valence-corrected chi connectivity index (χ2v) is 9.40. The van der Waals surface area contributed by atoms with Gasteiger partial charge in [0.05, 0.1) is 0 Å². The van der Waals surface area contributed by atoms with E-state index in [4.69, 9.17) is 0 Å². The van der Waals surface area contributed by atoms with Crippen molar-refractivity contribution < 1.29 is 8.42 Å². The molecule has 0 amide bonds. The van der Waals surface area contributed by atoms with Crippen molar-refractivity contribution in [1.29, 1.82) is 0 Å². The Morgan fingerprint density at radius 3 is 2.18 bits per heavy atom. The molecule has 6 nitrogen and oxygen atoms in total. The summed E-state index contributed by atoms with van der Waals surface area (Å²) in [6, 6.07) is 0.582. The molecule has 1 N–H and O–H groups in total. The Morgan fingerprint density at radius 1 is 1.00 bits per heavy atom. The number of hydrogen-bond acceptors (Lipinski definition) is 5. The van der Waals surface area contributed by atoms with Crippen LogP contribution in [0.15, 0.2) is 0 Å². The lowest BCUT2D eigenvalue weighted by Crippen LogP contribution is -2.52. The van der Waals surface area contributed by atoms with Gasteiger partial charge in [0.2, 0.25) is 10.0 Å². The van der Waals surface area contributed by atoms with Gasteiger partial charge in [-0.15, -0.1) is 0 Å². The molecule has 1 atom stereocenters. The van der Waals surface area contributed by atoms with Crippen molar-refractivity contribution in [3.63, 3.8) is 0 Å². The van der Waals surface area contributed by atoms with Crippen LogP contribution in [0.5, 0.6) is 0 Å². The highest BCUT2D eigenvalue weighted by molar-refractivity contribution is 7.89. The number of nitrogens with zero attached hydrogens (tertiary/aromatic N) is 3. The quantitative estimate of drug-likeness (QED) is 0.808. The first kappa shape index (κ1) is 16.6. The van der Waals surface area contributed by atoms with Gasteiger partial charge < -0.3 is 4.90 Å². The number of likely N-dealkylation sites (tertiary alicyclic amines) is 1. The van der Waals surface area contributed by atoms with Gasteiger partial charge >= 0.3 is 0 Å². The summed E-state index contributed by atoms with van der Waals surface area (Å²) < 4.78 is 27.1. The second-order valence-electron chi connectivity index (χ2n) is 7.28. The summed E-state index contributed by atoms with van der Waals surface area (Å²) in [6.45, 7) is 7.32. The summed E-state index contributed by atoms with van der Waals surface area (Å²) in [4.78, 5) is 4.61. The van der Waals surface area contributed by atoms with Crippen LogP contribution in [0.1, 0.15) is 32.6 Å². The number of hydrogen-bond donors (Lipinski definition) is 1. The normalized spacial score (nSPS) is 31.8. The van der Waals surface area contributed by atoms with E-state index in [1.54, 1.807) is 4.31 Å². The number of rotatable bonds is 3. The van der Waals surface area contributed by atoms with Crippen LogP contribution >= 0.6 is 0 Å². The van der Waals surface area contributed by atoms with Gasteiger partial charge in [-0.3, -0.25) is 10.2 Å². The number of sulfonamides is 1. The Bertz CT molecular complexity index is 468. The van der Waals surface area contributed by atoms with Crippen LogP contribution in [0.3, 0.4) is 0 Å². The third kappa shape index (κ3) is 3.48. The minimum absolute atomic E-state index is 0.426. The van der Waals surface area contributed by atoms with E-state index in [-0.39, 0.29) is 0 Å². The third-order valence-corrected chi connectivity index (χ3v) is 7.66. The van der Waals surface area contributed by atoms with Gasteiger partial charge in [-0.25, -0.2) is 12.7 Å². The van der Waals surface area contributed by atoms with Gasteiger partial charge in [0.25, 0.3) is 0 Å². The summed E-state index contributed by atoms with van der Waals surface area (Å²) >= 11 is 0. The Labute approximate surface area is 134 Å². The van der Waals surface area contributed by atoms with E-state index < -0.39 is 15.4 Å². The fourth-order valence-corrected chi connectivity index (χ4v) is 5.71. The molecule has 0 radical (unpaired) electrons. The van der Waals surface area contributed by atoms with Crippen LogP contribution in [0.25, 0.3) is 0 Å². The van der Waals surface area contributed by atoms with E-state index in [0.717, 1.165) is 18.8 Å². The fourth-order valence-electron chi connectivity index (χ4n) is 3.90. The molecule has 3 rings (SSSR count). The lowest BCUT2D eigenvalue weighted by molar-refractivity contribution is 0.101. The Hall–Kier alpha value is -0.210. The summed E-state index contributed by atoms with van der Waals surface area (Å²) in [5.74, 6) is 0.849. The minimum Gasteiger partial charge on any atom is -0.300 e. The lowest BCUT2D eigenvalue weighted by Gasteiger charge is -2.41. The zero-order chi connectivity index (χ0) is 15.7. The fraction of sp³-hybridized carbons (Fsp3) is 1.00. The molecule has 7 heteroatoms. The van der Waals surface area contributed by atoms with Gasteiger partial charge in [0, 0.05) is 32.3 Å². The van der Waals surface area contributed by atoms with Crippen LogP contribution in [0.2, 0.25) is 0 Å². The van der Waals surface area contributed by atoms with Gasteiger partial charge in [-0.2, -0.15) is 0 Å². The van der Waals surface area contributed by atoms with E-state index in [2.05, 4.69) is 17.1 Å². The van der Waals surface area contributed by atoms with E-state index >= 15 is 0 Å². The van der Waals surface area contributed by atoms with Crippen LogP contribution < -0.4 is 5.32 Å². The monoisotopic (exact) mass is 330 g/mol. The van der Waals surface area contributed by atoms with Crippen molar-refractivity contribution in [2.24, 2.45) is 5.92 Å². The maximum atomic E-state index is 12.7. The third-order valence-electron chi connectivity index (χ3n) is 5.54. The maximum absolute atomic E-state index is 12.7. The standard InChI is InChI=1S/C15H30N4O2S/c1-13-3-7-18(8-4-13)14-5-9-19(10-6-14)22(20,21)15-11-17(2)12-16-15/h13-16H,3-12H2,1-2H3. The molecule has 3 aliphatic heterocycles. The molecule has 22 heavy (non-hydrogen) atoms. The van der Waals surface area contributed by atoms with E-state index in [1.165, 1.54) is 25.9 Å². The summed E-state index contributed by atoms with van der Waals surface area (Å²) in [5.41, 5.74) is 0. The molecule has 0 saturated carbocycles. The maximum Gasteiger partial charge on any atom is 0.231 e. The van der Waals surface area contributed by atoms with E-state index in [1.807, 2.05) is 11.9 Å². The first-order valence-electron chi connectivity index (χ1n) is 8.62. The highest BCUT2D eigenvalue weighted by Gasteiger charge is 2.38. The highest BCUT2D eigenvalue weighted by atomic mass is 32.2. The minimum atomic E-state index is -3.20. The number of likely N-dealkylation sites (N-methyl/N-ethyl adjacent to an activating group) is 1. The van der Waals surface area contributed by atoms with Crippen LogP contribution in [0.4, 0.5) is 0 Å². The average molecular weight is 330 g/mol. The molecule has 3 aliphatic rings. The first-order chi connectivity index (χ1) is 10.5. The summed E-state index contributed by atoms with van der Waals surface area (Å²) in [6.07, 6.45) is 4.54. The average Bonchev–Trinajstić information content (AvgIpc) is 2.96. The topological polar surface area (TPSA) is 55.9 Å². The van der Waals surface area contributed by atoms with Crippen LogP contribution in [0, 0.1) is 5.92 Å². The molecule has 3 heterocycles. The molecule has 0 aromatic carbocycles. The molecule has 0 aromatic heterocycles. The zero-order valence-electron chi connectivity index (χ0n) is 13.9. The SMILES string of the molecule is CC1CCN(C2CCN(S(=O)(=O)C3CN(C)CN3)CC2)CC1. The summed E-state index contributed by atoms with van der Waals surface area (Å²) in [7, 11) is -1.25. The summed E-state index contributed by atoms with van der Waals surface area (Å²) in [5, 5.41) is 2.68. The molecule has 3 fully saturated rings. The molecular weight excluding hydrogens is 300 g/mol. The second kappa shape index (κ2) is 6.73. The van der Waals surface area contributed by atoms with Crippen molar-refractivity contribution in [3.8, 4) is 0 Å². The smallest absolute Gasteiger partial charge is 0.231 e. The largest absolute Gasteiger partial charge is 0.300 e. The predicted molar refractivity (Wildman–Crippen MR) is 87.9 cm³/mol. The predicted octanol–water partition coefficient (Wildman–Crippen LogP) is 0.331. The molecule has 1 unspecified atom stereocenters. The molecule has 128 valence electrons. The van der Waals surface area contributed by atoms with Crippen molar-refractivity contribution in [3.05, 3.63) is 0 Å². The molecule has 0 bridgehead atoms. The number of piperidine rings is 2. The van der Waals surface area contributed by atoms with Crippen molar-refractivity contribution in [2.45, 2.75) is 44.0 Å². The number of nitrogens with one attached hydrogen (secondary N) is 1. The van der Waals surface area contributed by atoms with Crippen molar-refractivity contribution >= 4 is 10.0 Å². The van der Waals surface area contributed by atoms with E-state index in [0.29, 0.717) is 32.3 Å². The highest BCUT2D eigenvalue weighted by Crippen LogP contribution is 2.25. The van der Waals surface area contributed by atoms with Gasteiger partial charge in [-0.1, -0.05) is 6.92 Å².